The normalized spacial score (nSPS) is 34.0. The molecule has 3 atom stereocenters. The van der Waals surface area contributed by atoms with Gasteiger partial charge in [0.1, 0.15) is 0 Å². The third-order valence-electron chi connectivity index (χ3n) is 4.37. The van der Waals surface area contributed by atoms with Crippen LogP contribution in [0.5, 0.6) is 0 Å². The van der Waals surface area contributed by atoms with Crippen molar-refractivity contribution in [2.24, 2.45) is 5.92 Å². The van der Waals surface area contributed by atoms with Crippen LogP contribution in [0.25, 0.3) is 0 Å². The van der Waals surface area contributed by atoms with Gasteiger partial charge in [-0.3, -0.25) is 4.79 Å². The fourth-order valence-corrected chi connectivity index (χ4v) is 4.07. The number of hydrogen-bond acceptors (Lipinski definition) is 4. The molecule has 1 aliphatic carbocycles. The van der Waals surface area contributed by atoms with Gasteiger partial charge in [0.05, 0.1) is 24.4 Å². The summed E-state index contributed by atoms with van der Waals surface area (Å²) in [6, 6.07) is -0.271. The molecule has 6 nitrogen and oxygen atoms in total. The Labute approximate surface area is 119 Å². The third kappa shape index (κ3) is 3.15. The third-order valence-corrected chi connectivity index (χ3v) is 5.10. The first kappa shape index (κ1) is 14.3. The first-order valence-electron chi connectivity index (χ1n) is 7.32. The molecule has 0 aromatic heterocycles. The van der Waals surface area contributed by atoms with Crippen LogP contribution in [0, 0.1) is 5.92 Å². The summed E-state index contributed by atoms with van der Waals surface area (Å²) in [4.78, 5) is 14.2. The number of hydrogen-bond donors (Lipinski definition) is 1. The number of ether oxygens (including phenoxy) is 1. The van der Waals surface area contributed by atoms with Crippen molar-refractivity contribution in [3.8, 4) is 0 Å². The van der Waals surface area contributed by atoms with Crippen molar-refractivity contribution < 1.29 is 17.9 Å². The van der Waals surface area contributed by atoms with Gasteiger partial charge in [-0.05, 0) is 31.6 Å². The van der Waals surface area contributed by atoms with E-state index in [2.05, 4.69) is 4.72 Å². The van der Waals surface area contributed by atoms with Gasteiger partial charge in [0.25, 0.3) is 0 Å². The fourth-order valence-electron chi connectivity index (χ4n) is 3.31. The Bertz CT molecular complexity index is 489. The van der Waals surface area contributed by atoms with Crippen LogP contribution in [0.2, 0.25) is 0 Å². The largest absolute Gasteiger partial charge is 0.374 e. The van der Waals surface area contributed by atoms with E-state index in [0.717, 1.165) is 31.9 Å². The van der Waals surface area contributed by atoms with E-state index in [1.165, 1.54) is 0 Å². The van der Waals surface area contributed by atoms with Crippen LogP contribution in [0.15, 0.2) is 0 Å². The summed E-state index contributed by atoms with van der Waals surface area (Å²) in [6.07, 6.45) is 5.70. The van der Waals surface area contributed by atoms with E-state index in [-0.39, 0.29) is 24.1 Å². The Morgan fingerprint density at radius 1 is 1.35 bits per heavy atom. The molecule has 2 saturated heterocycles. The molecular formula is C13H22N2O4S. The van der Waals surface area contributed by atoms with Gasteiger partial charge < -0.3 is 9.64 Å². The van der Waals surface area contributed by atoms with Gasteiger partial charge in [0.15, 0.2) is 0 Å². The highest BCUT2D eigenvalue weighted by Gasteiger charge is 2.47. The standard InChI is InChI=1S/C13H22N2O4S/c1-20(17,18)14-10-8-15(12(16)7-9-4-5-9)11-3-2-6-19-13(10)11/h9-11,13-14H,2-8H2,1H3/t10-,11-,13-/m1/s1. The molecule has 1 amide bonds. The lowest BCUT2D eigenvalue weighted by molar-refractivity contribution is -0.135. The van der Waals surface area contributed by atoms with Gasteiger partial charge >= 0.3 is 0 Å². The number of carbonyl (C=O) groups excluding carboxylic acids is 1. The van der Waals surface area contributed by atoms with Gasteiger partial charge in [-0.1, -0.05) is 0 Å². The average molecular weight is 302 g/mol. The summed E-state index contributed by atoms with van der Waals surface area (Å²) in [5.74, 6) is 0.707. The summed E-state index contributed by atoms with van der Waals surface area (Å²) in [7, 11) is -3.29. The lowest BCUT2D eigenvalue weighted by atomic mass is 10.0. The maximum absolute atomic E-state index is 12.4. The number of rotatable bonds is 4. The molecule has 0 aromatic carbocycles. The van der Waals surface area contributed by atoms with Crippen LogP contribution < -0.4 is 4.72 Å². The highest BCUT2D eigenvalue weighted by Crippen LogP contribution is 2.35. The quantitative estimate of drug-likeness (QED) is 0.799. The zero-order valence-corrected chi connectivity index (χ0v) is 12.6. The first-order chi connectivity index (χ1) is 9.44. The van der Waals surface area contributed by atoms with Gasteiger partial charge in [0.2, 0.25) is 15.9 Å². The van der Waals surface area contributed by atoms with E-state index >= 15 is 0 Å². The molecule has 1 saturated carbocycles. The topological polar surface area (TPSA) is 75.7 Å². The Hall–Kier alpha value is -0.660. The molecular weight excluding hydrogens is 280 g/mol. The van der Waals surface area contributed by atoms with E-state index in [1.807, 2.05) is 4.90 Å². The van der Waals surface area contributed by atoms with E-state index in [9.17, 15) is 13.2 Å². The van der Waals surface area contributed by atoms with E-state index < -0.39 is 10.0 Å². The van der Waals surface area contributed by atoms with Crippen LogP contribution in [-0.4, -0.2) is 56.8 Å². The summed E-state index contributed by atoms with van der Waals surface area (Å²) in [5.41, 5.74) is 0. The number of nitrogens with zero attached hydrogens (tertiary/aromatic N) is 1. The highest BCUT2D eigenvalue weighted by atomic mass is 32.2. The van der Waals surface area contributed by atoms with Gasteiger partial charge in [-0.2, -0.15) is 0 Å². The van der Waals surface area contributed by atoms with E-state index in [1.54, 1.807) is 0 Å². The van der Waals surface area contributed by atoms with Crippen molar-refractivity contribution in [3.05, 3.63) is 0 Å². The van der Waals surface area contributed by atoms with Crippen molar-refractivity contribution >= 4 is 15.9 Å². The lowest BCUT2D eigenvalue weighted by Crippen LogP contribution is -2.47. The maximum atomic E-state index is 12.4. The molecule has 3 aliphatic rings. The van der Waals surface area contributed by atoms with Crippen molar-refractivity contribution in [2.45, 2.75) is 50.3 Å². The van der Waals surface area contributed by atoms with Gasteiger partial charge in [-0.25, -0.2) is 13.1 Å². The highest BCUT2D eigenvalue weighted by molar-refractivity contribution is 7.88. The monoisotopic (exact) mass is 302 g/mol. The van der Waals surface area contributed by atoms with Crippen molar-refractivity contribution in [1.29, 1.82) is 0 Å². The molecule has 0 radical (unpaired) electrons. The summed E-state index contributed by atoms with van der Waals surface area (Å²) in [6.45, 7) is 1.09. The molecule has 3 fully saturated rings. The predicted octanol–water partition coefficient (Wildman–Crippen LogP) is 0.0941. The second-order valence-electron chi connectivity index (χ2n) is 6.24. The summed E-state index contributed by atoms with van der Waals surface area (Å²) < 4.78 is 31.3. The molecule has 0 unspecified atom stereocenters. The zero-order chi connectivity index (χ0) is 14.3. The van der Waals surface area contributed by atoms with E-state index in [0.29, 0.717) is 25.5 Å². The van der Waals surface area contributed by atoms with Crippen molar-refractivity contribution in [3.63, 3.8) is 0 Å². The fraction of sp³-hybridized carbons (Fsp3) is 0.923. The molecule has 0 spiro atoms. The van der Waals surface area contributed by atoms with Gasteiger partial charge in [0, 0.05) is 19.6 Å². The second kappa shape index (κ2) is 5.27. The minimum absolute atomic E-state index is 0.0363. The number of fused-ring (bicyclic) bond motifs is 1. The van der Waals surface area contributed by atoms with Crippen molar-refractivity contribution in [2.75, 3.05) is 19.4 Å². The van der Waals surface area contributed by atoms with E-state index in [4.69, 9.17) is 4.74 Å². The van der Waals surface area contributed by atoms with Crippen LogP contribution in [-0.2, 0) is 19.6 Å². The lowest BCUT2D eigenvalue weighted by Gasteiger charge is -2.32. The predicted molar refractivity (Wildman–Crippen MR) is 73.6 cm³/mol. The Morgan fingerprint density at radius 2 is 2.10 bits per heavy atom. The molecule has 0 bridgehead atoms. The summed E-state index contributed by atoms with van der Waals surface area (Å²) in [5, 5.41) is 0. The smallest absolute Gasteiger partial charge is 0.223 e. The van der Waals surface area contributed by atoms with Crippen LogP contribution >= 0.6 is 0 Å². The van der Waals surface area contributed by atoms with Gasteiger partial charge in [-0.15, -0.1) is 0 Å². The summed E-state index contributed by atoms with van der Waals surface area (Å²) >= 11 is 0. The molecule has 3 rings (SSSR count). The minimum Gasteiger partial charge on any atom is -0.374 e. The Kier molecular flexibility index (Phi) is 3.77. The molecule has 7 heteroatoms. The molecule has 2 heterocycles. The number of likely N-dealkylation sites (tertiary alicyclic amines) is 1. The first-order valence-corrected chi connectivity index (χ1v) is 9.21. The maximum Gasteiger partial charge on any atom is 0.223 e. The number of nitrogens with one attached hydrogen (secondary N) is 1. The molecule has 20 heavy (non-hydrogen) atoms. The average Bonchev–Trinajstić information content (AvgIpc) is 3.10. The second-order valence-corrected chi connectivity index (χ2v) is 8.02. The molecule has 114 valence electrons. The Morgan fingerprint density at radius 3 is 2.75 bits per heavy atom. The minimum atomic E-state index is -3.29. The molecule has 0 aromatic rings. The zero-order valence-electron chi connectivity index (χ0n) is 11.7. The number of sulfonamides is 1. The van der Waals surface area contributed by atoms with Crippen molar-refractivity contribution in [1.82, 2.24) is 9.62 Å². The van der Waals surface area contributed by atoms with Crippen LogP contribution in [0.3, 0.4) is 0 Å². The van der Waals surface area contributed by atoms with Crippen LogP contribution in [0.4, 0.5) is 0 Å². The molecule has 1 N–H and O–H groups in total. The molecule has 2 aliphatic heterocycles. The number of amides is 1. The SMILES string of the molecule is CS(=O)(=O)N[C@@H]1CN(C(=O)CC2CC2)[C@@H]2CCCO[C@@H]21. The Balaban J connectivity index is 1.72. The van der Waals surface area contributed by atoms with Crippen LogP contribution in [0.1, 0.15) is 32.1 Å². The number of carbonyl (C=O) groups is 1.